The SMILES string of the molecule is Cc1cc(-c2ncnn3cc(CCC[C@H](F)CN4CCC(c5ccc(C6CCC(=O)NC6=O)cc5)CC4)cc23)ccc1CNC(=O)OC(C)(C)C. The second-order valence-electron chi connectivity index (χ2n) is 15.0. The summed E-state index contributed by atoms with van der Waals surface area (Å²) >= 11 is 0. The fourth-order valence-electron chi connectivity index (χ4n) is 7.23. The van der Waals surface area contributed by atoms with Crippen LogP contribution < -0.4 is 10.6 Å². The van der Waals surface area contributed by atoms with Crippen LogP contribution in [0.4, 0.5) is 9.18 Å². The fourth-order valence-corrected chi connectivity index (χ4v) is 7.23. The van der Waals surface area contributed by atoms with Crippen molar-refractivity contribution in [1.82, 2.24) is 30.1 Å². The normalized spacial score (nSPS) is 18.1. The third-order valence-corrected chi connectivity index (χ3v) is 9.98. The van der Waals surface area contributed by atoms with Crippen LogP contribution in [0.5, 0.6) is 0 Å². The standard InChI is InChI=1S/C40H49FN6O4/c1-26-20-31(12-13-32(26)22-42-39(50)51-40(2,3)4)37-35-21-27(23-47(35)44-25-43-37)6-5-7-33(41)24-46-18-16-29(17-19-46)28-8-10-30(11-9-28)34-14-15-36(48)45-38(34)49/h8-13,20-21,23,25,29,33-34H,5-7,14-19,22,24H2,1-4H3,(H,42,50)(H,45,48,49)/t33-,34?/m0/s1. The van der Waals surface area contributed by atoms with Crippen LogP contribution in [0, 0.1) is 6.92 Å². The minimum atomic E-state index is -0.881. The maximum absolute atomic E-state index is 15.2. The van der Waals surface area contributed by atoms with Crippen molar-refractivity contribution in [3.63, 3.8) is 0 Å². The number of nitrogens with zero attached hydrogens (tertiary/aromatic N) is 4. The number of rotatable bonds is 11. The Kier molecular flexibility index (Phi) is 11.1. The maximum Gasteiger partial charge on any atom is 0.407 e. The number of amides is 3. The zero-order chi connectivity index (χ0) is 36.1. The Hall–Kier alpha value is -4.64. The molecule has 4 aromatic rings. The summed E-state index contributed by atoms with van der Waals surface area (Å²) in [6.45, 7) is 10.1. The zero-order valence-electron chi connectivity index (χ0n) is 30.1. The van der Waals surface area contributed by atoms with Crippen molar-refractivity contribution in [2.45, 2.75) is 103 Å². The van der Waals surface area contributed by atoms with Gasteiger partial charge in [0.2, 0.25) is 11.8 Å². The number of halogens is 1. The van der Waals surface area contributed by atoms with Gasteiger partial charge >= 0.3 is 6.09 Å². The number of piperidine rings is 2. The molecule has 270 valence electrons. The number of aromatic nitrogens is 3. The lowest BCUT2D eigenvalue weighted by atomic mass is 9.86. The molecule has 2 aliphatic heterocycles. The number of alkyl carbamates (subject to hydrolysis) is 1. The lowest BCUT2D eigenvalue weighted by molar-refractivity contribution is -0.134. The first-order valence-electron chi connectivity index (χ1n) is 18.1. The monoisotopic (exact) mass is 696 g/mol. The van der Waals surface area contributed by atoms with Crippen molar-refractivity contribution in [3.8, 4) is 11.3 Å². The fraction of sp³-hybridized carbons (Fsp3) is 0.475. The summed E-state index contributed by atoms with van der Waals surface area (Å²) in [5, 5.41) is 9.69. The Bertz CT molecular complexity index is 1860. The third-order valence-electron chi connectivity index (χ3n) is 9.98. The minimum Gasteiger partial charge on any atom is -0.444 e. The highest BCUT2D eigenvalue weighted by atomic mass is 19.1. The number of imide groups is 1. The van der Waals surface area contributed by atoms with Crippen molar-refractivity contribution >= 4 is 23.4 Å². The van der Waals surface area contributed by atoms with E-state index in [0.29, 0.717) is 38.3 Å². The van der Waals surface area contributed by atoms with Crippen molar-refractivity contribution in [2.24, 2.45) is 0 Å². The molecule has 2 aromatic carbocycles. The smallest absolute Gasteiger partial charge is 0.407 e. The predicted molar refractivity (Wildman–Crippen MR) is 194 cm³/mol. The zero-order valence-corrected chi connectivity index (χ0v) is 30.1. The van der Waals surface area contributed by atoms with Gasteiger partial charge in [0.25, 0.3) is 0 Å². The minimum absolute atomic E-state index is 0.197. The van der Waals surface area contributed by atoms with Crippen LogP contribution in [-0.2, 0) is 27.3 Å². The molecule has 2 fully saturated rings. The molecule has 3 amide bonds. The van der Waals surface area contributed by atoms with E-state index in [0.717, 1.165) is 77.8 Å². The van der Waals surface area contributed by atoms with Crippen LogP contribution in [0.3, 0.4) is 0 Å². The predicted octanol–water partition coefficient (Wildman–Crippen LogP) is 6.79. The molecule has 0 saturated carbocycles. The van der Waals surface area contributed by atoms with Crippen LogP contribution in [0.2, 0.25) is 0 Å². The summed E-state index contributed by atoms with van der Waals surface area (Å²) in [7, 11) is 0. The number of aryl methyl sites for hydroxylation is 2. The first-order valence-corrected chi connectivity index (χ1v) is 18.1. The molecule has 2 aliphatic rings. The van der Waals surface area contributed by atoms with Gasteiger partial charge in [-0.3, -0.25) is 14.9 Å². The maximum atomic E-state index is 15.2. The van der Waals surface area contributed by atoms with Crippen LogP contribution in [0.15, 0.2) is 61.1 Å². The molecule has 6 rings (SSSR count). The summed E-state index contributed by atoms with van der Waals surface area (Å²) < 4.78 is 22.4. The average molecular weight is 697 g/mol. The van der Waals surface area contributed by atoms with E-state index in [-0.39, 0.29) is 17.7 Å². The van der Waals surface area contributed by atoms with Gasteiger partial charge in [0, 0.05) is 31.3 Å². The van der Waals surface area contributed by atoms with E-state index in [1.165, 1.54) is 5.56 Å². The number of nitrogens with one attached hydrogen (secondary N) is 2. The van der Waals surface area contributed by atoms with Gasteiger partial charge in [-0.15, -0.1) is 0 Å². The number of hydrogen-bond donors (Lipinski definition) is 2. The largest absolute Gasteiger partial charge is 0.444 e. The summed E-state index contributed by atoms with van der Waals surface area (Å²) in [6.07, 6.45) is 7.13. The number of alkyl halides is 1. The second-order valence-corrected chi connectivity index (χ2v) is 15.0. The molecule has 10 nitrogen and oxygen atoms in total. The van der Waals surface area contributed by atoms with Crippen LogP contribution >= 0.6 is 0 Å². The van der Waals surface area contributed by atoms with Crippen LogP contribution in [-0.4, -0.2) is 68.8 Å². The van der Waals surface area contributed by atoms with Gasteiger partial charge in [-0.2, -0.15) is 5.10 Å². The molecule has 0 aliphatic carbocycles. The molecule has 4 heterocycles. The molecule has 11 heteroatoms. The van der Waals surface area contributed by atoms with E-state index in [1.54, 1.807) is 6.33 Å². The number of carbonyl (C=O) groups is 3. The summed E-state index contributed by atoms with van der Waals surface area (Å²) in [6, 6.07) is 16.4. The van der Waals surface area contributed by atoms with Crippen LogP contribution in [0.1, 0.15) is 98.9 Å². The quantitative estimate of drug-likeness (QED) is 0.166. The van der Waals surface area contributed by atoms with Gasteiger partial charge in [0.05, 0.1) is 17.1 Å². The molecule has 2 aromatic heterocycles. The van der Waals surface area contributed by atoms with E-state index in [4.69, 9.17) is 4.74 Å². The lowest BCUT2D eigenvalue weighted by Gasteiger charge is -2.33. The van der Waals surface area contributed by atoms with Gasteiger partial charge in [-0.25, -0.2) is 18.7 Å². The molecular weight excluding hydrogens is 647 g/mol. The summed E-state index contributed by atoms with van der Waals surface area (Å²) in [5.41, 5.74) is 7.47. The van der Waals surface area contributed by atoms with Crippen LogP contribution in [0.25, 0.3) is 16.8 Å². The number of likely N-dealkylation sites (tertiary alicyclic amines) is 1. The molecule has 2 atom stereocenters. The van der Waals surface area contributed by atoms with Gasteiger partial charge < -0.3 is 15.0 Å². The van der Waals surface area contributed by atoms with Crippen molar-refractivity contribution in [1.29, 1.82) is 0 Å². The number of ether oxygens (including phenoxy) is 1. The Labute approximate surface area is 299 Å². The first-order chi connectivity index (χ1) is 24.4. The van der Waals surface area contributed by atoms with E-state index in [1.807, 2.05) is 62.7 Å². The van der Waals surface area contributed by atoms with E-state index in [2.05, 4.69) is 49.9 Å². The number of hydrogen-bond acceptors (Lipinski definition) is 7. The van der Waals surface area contributed by atoms with Crippen molar-refractivity contribution in [3.05, 3.63) is 88.9 Å². The molecule has 0 radical (unpaired) electrons. The van der Waals surface area contributed by atoms with Gasteiger partial charge in [-0.05, 0) is 125 Å². The lowest BCUT2D eigenvalue weighted by Crippen LogP contribution is -2.39. The third kappa shape index (κ3) is 9.38. The molecule has 2 N–H and O–H groups in total. The average Bonchev–Trinajstić information content (AvgIpc) is 3.51. The molecule has 0 bridgehead atoms. The Balaban J connectivity index is 0.958. The topological polar surface area (TPSA) is 118 Å². The molecular formula is C40H49FN6O4. The highest BCUT2D eigenvalue weighted by Crippen LogP contribution is 2.32. The highest BCUT2D eigenvalue weighted by Gasteiger charge is 2.28. The Morgan fingerprint density at radius 3 is 2.51 bits per heavy atom. The molecule has 0 spiro atoms. The van der Waals surface area contributed by atoms with Gasteiger partial charge in [0.1, 0.15) is 18.1 Å². The van der Waals surface area contributed by atoms with E-state index < -0.39 is 17.9 Å². The second kappa shape index (κ2) is 15.7. The van der Waals surface area contributed by atoms with E-state index >= 15 is 4.39 Å². The number of benzene rings is 2. The number of carbonyl (C=O) groups excluding carboxylic acids is 3. The summed E-state index contributed by atoms with van der Waals surface area (Å²) in [4.78, 5) is 42.7. The van der Waals surface area contributed by atoms with E-state index in [9.17, 15) is 14.4 Å². The van der Waals surface area contributed by atoms with Gasteiger partial charge in [-0.1, -0.05) is 36.4 Å². The Morgan fingerprint density at radius 1 is 1.06 bits per heavy atom. The number of fused-ring (bicyclic) bond motifs is 1. The van der Waals surface area contributed by atoms with Crippen molar-refractivity contribution < 1.29 is 23.5 Å². The Morgan fingerprint density at radius 2 is 1.80 bits per heavy atom. The molecule has 2 saturated heterocycles. The van der Waals surface area contributed by atoms with Gasteiger partial charge in [0.15, 0.2) is 0 Å². The van der Waals surface area contributed by atoms with Crippen molar-refractivity contribution in [2.75, 3.05) is 19.6 Å². The molecule has 1 unspecified atom stereocenters. The highest BCUT2D eigenvalue weighted by molar-refractivity contribution is 6.00. The first kappa shape index (κ1) is 36.2. The molecule has 51 heavy (non-hydrogen) atoms. The summed E-state index contributed by atoms with van der Waals surface area (Å²) in [5.74, 6) is -0.243.